The molecular weight excluding hydrogens is 286 g/mol. The average molecular weight is 300 g/mol. The van der Waals surface area contributed by atoms with Crippen molar-refractivity contribution in [3.8, 4) is 6.07 Å². The molecule has 2 aromatic rings. The highest BCUT2D eigenvalue weighted by atomic mass is 79.9. The first kappa shape index (κ1) is 12.9. The summed E-state index contributed by atoms with van der Waals surface area (Å²) >= 11 is 3.56. The van der Waals surface area contributed by atoms with E-state index in [1.54, 1.807) is 0 Å². The van der Waals surface area contributed by atoms with Gasteiger partial charge in [0.1, 0.15) is 0 Å². The molecule has 0 amide bonds. The zero-order valence-electron chi connectivity index (χ0n) is 10.1. The number of hydrogen-bond acceptors (Lipinski definition) is 1. The van der Waals surface area contributed by atoms with Gasteiger partial charge >= 0.3 is 0 Å². The van der Waals surface area contributed by atoms with Crippen LogP contribution in [0.2, 0.25) is 0 Å². The predicted molar refractivity (Wildman–Crippen MR) is 77.3 cm³/mol. The molecule has 0 unspecified atom stereocenters. The van der Waals surface area contributed by atoms with E-state index in [-0.39, 0.29) is 0 Å². The Morgan fingerprint density at radius 3 is 2.22 bits per heavy atom. The molecular formula is C16H14BrN. The minimum absolute atomic E-state index is 0.796. The van der Waals surface area contributed by atoms with Crippen LogP contribution in [0.15, 0.2) is 53.0 Å². The maximum atomic E-state index is 9.02. The highest BCUT2D eigenvalue weighted by Gasteiger charge is 2.02. The number of nitriles is 1. The zero-order valence-corrected chi connectivity index (χ0v) is 11.7. The van der Waals surface area contributed by atoms with E-state index < -0.39 is 0 Å². The second-order valence-electron chi connectivity index (χ2n) is 4.21. The van der Waals surface area contributed by atoms with Gasteiger partial charge in [-0.1, -0.05) is 52.3 Å². The van der Waals surface area contributed by atoms with Gasteiger partial charge in [-0.15, -0.1) is 0 Å². The van der Waals surface area contributed by atoms with Gasteiger partial charge in [-0.25, -0.2) is 0 Å². The monoisotopic (exact) mass is 299 g/mol. The molecule has 0 saturated heterocycles. The van der Waals surface area contributed by atoms with Crippen LogP contribution in [-0.4, -0.2) is 0 Å². The molecule has 2 heteroatoms. The fourth-order valence-corrected chi connectivity index (χ4v) is 2.50. The van der Waals surface area contributed by atoms with Gasteiger partial charge < -0.3 is 0 Å². The van der Waals surface area contributed by atoms with Gasteiger partial charge in [0.2, 0.25) is 0 Å². The van der Waals surface area contributed by atoms with Crippen LogP contribution in [0.25, 0.3) is 0 Å². The summed E-state index contributed by atoms with van der Waals surface area (Å²) in [6.45, 7) is 0. The van der Waals surface area contributed by atoms with Crippen molar-refractivity contribution < 1.29 is 0 Å². The number of hydrogen-bond donors (Lipinski definition) is 0. The number of benzene rings is 2. The minimum atomic E-state index is 0.796. The highest BCUT2D eigenvalue weighted by Crippen LogP contribution is 2.19. The van der Waals surface area contributed by atoms with Crippen LogP contribution in [0.4, 0.5) is 0 Å². The summed E-state index contributed by atoms with van der Waals surface area (Å²) in [5.41, 5.74) is 3.27. The van der Waals surface area contributed by atoms with E-state index in [9.17, 15) is 0 Å². The van der Waals surface area contributed by atoms with E-state index in [0.717, 1.165) is 30.4 Å². The summed E-state index contributed by atoms with van der Waals surface area (Å²) in [5.74, 6) is 0. The quantitative estimate of drug-likeness (QED) is 0.815. The van der Waals surface area contributed by atoms with E-state index in [1.165, 1.54) is 10.0 Å². The third-order valence-corrected chi connectivity index (χ3v) is 3.76. The van der Waals surface area contributed by atoms with Crippen molar-refractivity contribution in [1.82, 2.24) is 0 Å². The summed E-state index contributed by atoms with van der Waals surface area (Å²) in [4.78, 5) is 0. The Hall–Kier alpha value is -1.59. The summed E-state index contributed by atoms with van der Waals surface area (Å²) in [6.07, 6.45) is 3.04. The van der Waals surface area contributed by atoms with Crippen molar-refractivity contribution in [1.29, 1.82) is 5.26 Å². The lowest BCUT2D eigenvalue weighted by Crippen LogP contribution is -1.93. The molecule has 0 aliphatic heterocycles. The largest absolute Gasteiger partial charge is 0.192 e. The molecule has 2 rings (SSSR count). The highest BCUT2D eigenvalue weighted by molar-refractivity contribution is 9.10. The summed E-state index contributed by atoms with van der Waals surface area (Å²) in [7, 11) is 0. The van der Waals surface area contributed by atoms with Crippen molar-refractivity contribution in [3.63, 3.8) is 0 Å². The second kappa shape index (κ2) is 6.37. The van der Waals surface area contributed by atoms with Gasteiger partial charge in [-0.05, 0) is 42.5 Å². The first-order valence-electron chi connectivity index (χ1n) is 6.02. The van der Waals surface area contributed by atoms with Gasteiger partial charge in [0, 0.05) is 4.47 Å². The van der Waals surface area contributed by atoms with Gasteiger partial charge in [-0.3, -0.25) is 0 Å². The Bertz CT molecular complexity index is 569. The summed E-state index contributed by atoms with van der Waals surface area (Å²) in [6, 6.07) is 18.4. The van der Waals surface area contributed by atoms with Crippen molar-refractivity contribution in [3.05, 3.63) is 69.7 Å². The molecule has 0 fully saturated rings. The molecule has 2 aromatic carbocycles. The molecule has 1 nitrogen and oxygen atoms in total. The van der Waals surface area contributed by atoms with E-state index in [4.69, 9.17) is 5.26 Å². The topological polar surface area (TPSA) is 23.8 Å². The molecule has 0 atom stereocenters. The number of nitrogens with zero attached hydrogens (tertiary/aromatic N) is 1. The number of aryl methyl sites for hydroxylation is 2. The molecule has 90 valence electrons. The van der Waals surface area contributed by atoms with Crippen LogP contribution in [0.1, 0.15) is 23.1 Å². The lowest BCUT2D eigenvalue weighted by atomic mass is 10.0. The molecule has 0 N–H and O–H groups in total. The van der Waals surface area contributed by atoms with E-state index in [0.29, 0.717) is 0 Å². The second-order valence-corrected chi connectivity index (χ2v) is 5.07. The van der Waals surface area contributed by atoms with Crippen LogP contribution in [-0.2, 0) is 12.8 Å². The number of halogens is 1. The smallest absolute Gasteiger partial charge is 0.0994 e. The Labute approximate surface area is 116 Å². The van der Waals surface area contributed by atoms with Crippen molar-refractivity contribution >= 4 is 15.9 Å². The van der Waals surface area contributed by atoms with E-state index in [2.05, 4.69) is 40.2 Å². The first-order chi connectivity index (χ1) is 8.81. The van der Waals surface area contributed by atoms with Crippen LogP contribution in [0.5, 0.6) is 0 Å². The van der Waals surface area contributed by atoms with Gasteiger partial charge in [0.25, 0.3) is 0 Å². The minimum Gasteiger partial charge on any atom is -0.192 e. The number of rotatable bonds is 4. The maximum Gasteiger partial charge on any atom is 0.0994 e. The molecule has 0 radical (unpaired) electrons. The fraction of sp³-hybridized carbons (Fsp3) is 0.188. The molecule has 0 saturated carbocycles. The average Bonchev–Trinajstić information content (AvgIpc) is 2.41. The SMILES string of the molecule is N#Cc1ccccc1CCCc1ccccc1Br. The molecule has 0 heterocycles. The van der Waals surface area contributed by atoms with Crippen molar-refractivity contribution in [2.75, 3.05) is 0 Å². The maximum absolute atomic E-state index is 9.02. The Morgan fingerprint density at radius 1 is 0.889 bits per heavy atom. The molecule has 18 heavy (non-hydrogen) atoms. The third kappa shape index (κ3) is 3.21. The van der Waals surface area contributed by atoms with Crippen LogP contribution < -0.4 is 0 Å². The summed E-state index contributed by atoms with van der Waals surface area (Å²) in [5, 5.41) is 9.02. The molecule has 0 aliphatic carbocycles. The first-order valence-corrected chi connectivity index (χ1v) is 6.82. The lowest BCUT2D eigenvalue weighted by molar-refractivity contribution is 0.816. The molecule has 0 spiro atoms. The van der Waals surface area contributed by atoms with Crippen molar-refractivity contribution in [2.45, 2.75) is 19.3 Å². The lowest BCUT2D eigenvalue weighted by Gasteiger charge is -2.05. The normalized spacial score (nSPS) is 10.0. The van der Waals surface area contributed by atoms with Gasteiger partial charge in [-0.2, -0.15) is 5.26 Å². The van der Waals surface area contributed by atoms with Crippen LogP contribution >= 0.6 is 15.9 Å². The summed E-state index contributed by atoms with van der Waals surface area (Å²) < 4.78 is 1.17. The third-order valence-electron chi connectivity index (χ3n) is 2.99. The van der Waals surface area contributed by atoms with E-state index >= 15 is 0 Å². The van der Waals surface area contributed by atoms with Gasteiger partial charge in [0.15, 0.2) is 0 Å². The van der Waals surface area contributed by atoms with Crippen LogP contribution in [0, 0.1) is 11.3 Å². The standard InChI is InChI=1S/C16H14BrN/c17-16-11-4-3-7-14(16)10-5-9-13-6-1-2-8-15(13)12-18/h1-4,6-8,11H,5,9-10H2. The van der Waals surface area contributed by atoms with E-state index in [1.807, 2.05) is 30.3 Å². The Kier molecular flexibility index (Phi) is 4.55. The van der Waals surface area contributed by atoms with Gasteiger partial charge in [0.05, 0.1) is 11.6 Å². The fourth-order valence-electron chi connectivity index (χ4n) is 2.02. The predicted octanol–water partition coefficient (Wildman–Crippen LogP) is 4.50. The Morgan fingerprint density at radius 2 is 1.50 bits per heavy atom. The molecule has 0 bridgehead atoms. The molecule has 0 aliphatic rings. The van der Waals surface area contributed by atoms with Crippen LogP contribution in [0.3, 0.4) is 0 Å². The Balaban J connectivity index is 1.97. The molecule has 0 aromatic heterocycles. The van der Waals surface area contributed by atoms with Crippen molar-refractivity contribution in [2.24, 2.45) is 0 Å². The zero-order chi connectivity index (χ0) is 12.8.